The monoisotopic (exact) mass is 652 g/mol. The standard InChI is InChI=1S/C18H23FN10O8P2S2/c19-8-3-11(29-7-24-13-16(29)26-18(21)27-17(13)30)37-9(8)4-36-39(33,41)34-2-1-28-10(5-35-38(31,32)40)25-12-14(20)22-6-23-15(12)28/h6-9,11H,1-5H2,(H,33,41)(H2,20,22,23)(H2,31,32,40)(H3,21,26,27,30)/t8-,9+,11+,39?/m0/s1. The van der Waals surface area contributed by atoms with Crippen molar-refractivity contribution in [3.05, 3.63) is 28.8 Å². The lowest BCUT2D eigenvalue weighted by atomic mass is 10.2. The Morgan fingerprint density at radius 1 is 1.20 bits per heavy atom. The number of halogens is 1. The van der Waals surface area contributed by atoms with E-state index in [0.717, 1.165) is 0 Å². The summed E-state index contributed by atoms with van der Waals surface area (Å²) >= 11 is 8.43. The lowest BCUT2D eigenvalue weighted by Crippen LogP contribution is -2.23. The highest BCUT2D eigenvalue weighted by molar-refractivity contribution is 8.44. The molecule has 0 spiro atoms. The molecule has 41 heavy (non-hydrogen) atoms. The van der Waals surface area contributed by atoms with E-state index in [0.29, 0.717) is 0 Å². The summed E-state index contributed by atoms with van der Waals surface area (Å²) in [6, 6.07) is 0. The van der Waals surface area contributed by atoms with Gasteiger partial charge in [0.2, 0.25) is 5.95 Å². The maximum atomic E-state index is 14.8. The number of hydrogen-bond donors (Lipinski definition) is 6. The minimum Gasteiger partial charge on any atom is -0.382 e. The summed E-state index contributed by atoms with van der Waals surface area (Å²) in [6.45, 7) is -9.11. The molecular weight excluding hydrogens is 629 g/mol. The van der Waals surface area contributed by atoms with Crippen LogP contribution in [0, 0.1) is 0 Å². The van der Waals surface area contributed by atoms with E-state index in [9.17, 15) is 23.5 Å². The van der Waals surface area contributed by atoms with Crippen LogP contribution in [0.5, 0.6) is 0 Å². The summed E-state index contributed by atoms with van der Waals surface area (Å²) in [6.07, 6.45) is -1.17. The number of nitrogens with one attached hydrogen (secondary N) is 1. The van der Waals surface area contributed by atoms with Crippen molar-refractivity contribution in [2.75, 3.05) is 24.7 Å². The average molecular weight is 653 g/mol. The molecule has 1 aliphatic heterocycles. The third kappa shape index (κ3) is 6.75. The molecule has 18 nitrogen and oxygen atoms in total. The summed E-state index contributed by atoms with van der Waals surface area (Å²) < 4.78 is 51.7. The third-order valence-electron chi connectivity index (χ3n) is 5.90. The zero-order valence-electron chi connectivity index (χ0n) is 20.7. The minimum absolute atomic E-state index is 0.0125. The molecule has 1 saturated heterocycles. The fourth-order valence-electron chi connectivity index (χ4n) is 4.10. The Bertz CT molecular complexity index is 1750. The van der Waals surface area contributed by atoms with Crippen LogP contribution in [0.1, 0.15) is 18.5 Å². The lowest BCUT2D eigenvalue weighted by molar-refractivity contribution is -0.0288. The fraction of sp³-hybridized carbons (Fsp3) is 0.444. The number of anilines is 2. The smallest absolute Gasteiger partial charge is 0.382 e. The quantitative estimate of drug-likeness (QED) is 0.0955. The molecular formula is C18H23FN10O8P2S2. The number of nitrogens with zero attached hydrogens (tertiary/aromatic N) is 7. The highest BCUT2D eigenvalue weighted by Crippen LogP contribution is 2.53. The molecule has 5 heterocycles. The first-order chi connectivity index (χ1) is 19.3. The highest BCUT2D eigenvalue weighted by atomic mass is 32.7. The molecule has 0 aromatic carbocycles. The molecule has 7 N–H and O–H groups in total. The second kappa shape index (κ2) is 11.6. The predicted molar refractivity (Wildman–Crippen MR) is 148 cm³/mol. The van der Waals surface area contributed by atoms with Crippen LogP contribution in [-0.2, 0) is 47.8 Å². The molecule has 4 aromatic heterocycles. The number of imidazole rings is 2. The molecule has 5 rings (SSSR count). The number of rotatable bonds is 11. The number of thiol groups is 1. The summed E-state index contributed by atoms with van der Waals surface area (Å²) in [4.78, 5) is 53.4. The van der Waals surface area contributed by atoms with E-state index in [4.69, 9.17) is 29.8 Å². The largest absolute Gasteiger partial charge is 0.386 e. The van der Waals surface area contributed by atoms with Crippen LogP contribution in [-0.4, -0.2) is 74.3 Å². The van der Waals surface area contributed by atoms with Crippen molar-refractivity contribution in [3.8, 4) is 0 Å². The van der Waals surface area contributed by atoms with Gasteiger partial charge in [0.15, 0.2) is 28.1 Å². The second-order valence-electron chi connectivity index (χ2n) is 8.63. The molecule has 1 fully saturated rings. The first kappa shape index (κ1) is 29.9. The van der Waals surface area contributed by atoms with Gasteiger partial charge < -0.3 is 35.1 Å². The molecule has 0 radical (unpaired) electrons. The summed E-state index contributed by atoms with van der Waals surface area (Å²) in [5.74, 6) is 0.0963. The number of hydrogen-bond acceptors (Lipinski definition) is 14. The van der Waals surface area contributed by atoms with Gasteiger partial charge in [-0.1, -0.05) is 12.2 Å². The minimum atomic E-state index is -4.01. The molecule has 4 aromatic rings. The Kier molecular flexibility index (Phi) is 8.46. The van der Waals surface area contributed by atoms with Crippen molar-refractivity contribution in [2.45, 2.75) is 38.1 Å². The van der Waals surface area contributed by atoms with E-state index in [1.165, 1.54) is 21.8 Å². The SMILES string of the molecule is Nc1nc2c(ncn2[C@H]2C[C@H](F)[C@@H](COP(=O)(S)OCCn3c(COP(O)(O)=S)nc4c(N)ncnc43)O2)c(=O)[nH]1. The van der Waals surface area contributed by atoms with Crippen molar-refractivity contribution < 1.29 is 37.1 Å². The lowest BCUT2D eigenvalue weighted by Gasteiger charge is -2.18. The number of H-pyrrole nitrogens is 1. The Morgan fingerprint density at radius 3 is 2.73 bits per heavy atom. The van der Waals surface area contributed by atoms with Gasteiger partial charge in [-0.25, -0.2) is 28.9 Å². The van der Waals surface area contributed by atoms with E-state index < -0.39 is 50.8 Å². The van der Waals surface area contributed by atoms with Crippen LogP contribution in [0.4, 0.5) is 16.2 Å². The van der Waals surface area contributed by atoms with Crippen LogP contribution >= 0.6 is 25.8 Å². The number of alkyl halides is 1. The van der Waals surface area contributed by atoms with Gasteiger partial charge in [-0.3, -0.25) is 23.4 Å². The normalized spacial score (nSPS) is 21.1. The Hall–Kier alpha value is -2.58. The number of nitrogen functional groups attached to an aromatic ring is 2. The van der Waals surface area contributed by atoms with Gasteiger partial charge in [0.05, 0.1) is 19.5 Å². The third-order valence-corrected chi connectivity index (χ3v) is 8.35. The van der Waals surface area contributed by atoms with Gasteiger partial charge in [0, 0.05) is 13.0 Å². The molecule has 0 bridgehead atoms. The first-order valence-electron chi connectivity index (χ1n) is 11.6. The molecule has 0 saturated carbocycles. The number of ether oxygens (including phenoxy) is 1. The molecule has 23 heteroatoms. The van der Waals surface area contributed by atoms with Gasteiger partial charge >= 0.3 is 13.5 Å². The molecule has 0 amide bonds. The second-order valence-corrected chi connectivity index (χ2v) is 14.2. The Morgan fingerprint density at radius 2 is 1.98 bits per heavy atom. The van der Waals surface area contributed by atoms with Crippen LogP contribution in [0.15, 0.2) is 17.4 Å². The van der Waals surface area contributed by atoms with E-state index in [2.05, 4.69) is 54.0 Å². The fourth-order valence-corrected chi connectivity index (χ4v) is 5.71. The molecule has 1 aliphatic rings. The van der Waals surface area contributed by atoms with Gasteiger partial charge in [0.25, 0.3) is 5.56 Å². The number of aromatic amines is 1. The van der Waals surface area contributed by atoms with Gasteiger partial charge in [-0.2, -0.15) is 4.98 Å². The number of nitrogens with two attached hydrogens (primary N) is 2. The Labute approximate surface area is 239 Å². The zero-order valence-corrected chi connectivity index (χ0v) is 24.2. The van der Waals surface area contributed by atoms with Crippen LogP contribution in [0.3, 0.4) is 0 Å². The molecule has 222 valence electrons. The average Bonchev–Trinajstić information content (AvgIpc) is 3.57. The van der Waals surface area contributed by atoms with Gasteiger partial charge in [-0.15, -0.1) is 0 Å². The predicted octanol–water partition coefficient (Wildman–Crippen LogP) is 0.546. The van der Waals surface area contributed by atoms with E-state index in [1.807, 2.05) is 0 Å². The summed E-state index contributed by atoms with van der Waals surface area (Å²) in [5, 5.41) is 0. The van der Waals surface area contributed by atoms with E-state index in [-0.39, 0.29) is 59.5 Å². The van der Waals surface area contributed by atoms with Crippen molar-refractivity contribution in [1.29, 1.82) is 0 Å². The zero-order chi connectivity index (χ0) is 29.5. The highest BCUT2D eigenvalue weighted by Gasteiger charge is 2.39. The molecule has 1 unspecified atom stereocenters. The maximum absolute atomic E-state index is 14.8. The van der Waals surface area contributed by atoms with Gasteiger partial charge in [0.1, 0.15) is 37.3 Å². The number of aromatic nitrogens is 8. The van der Waals surface area contributed by atoms with Crippen molar-refractivity contribution in [3.63, 3.8) is 0 Å². The molecule has 0 aliphatic carbocycles. The van der Waals surface area contributed by atoms with Crippen LogP contribution in [0.2, 0.25) is 0 Å². The van der Waals surface area contributed by atoms with Crippen LogP contribution < -0.4 is 17.0 Å². The number of fused-ring (bicyclic) bond motifs is 2. The molecule has 4 atom stereocenters. The topological polar surface area (TPSA) is 254 Å². The van der Waals surface area contributed by atoms with Crippen molar-refractivity contribution >= 4 is 71.7 Å². The van der Waals surface area contributed by atoms with E-state index >= 15 is 0 Å². The Balaban J connectivity index is 1.20. The summed E-state index contributed by atoms with van der Waals surface area (Å²) in [5.41, 5.74) is 11.5. The van der Waals surface area contributed by atoms with Crippen molar-refractivity contribution in [1.82, 2.24) is 39.0 Å². The summed E-state index contributed by atoms with van der Waals surface area (Å²) in [7, 11) is 0. The first-order valence-corrected chi connectivity index (χ1v) is 16.9. The van der Waals surface area contributed by atoms with E-state index in [1.54, 1.807) is 0 Å². The van der Waals surface area contributed by atoms with Crippen molar-refractivity contribution in [2.24, 2.45) is 0 Å². The maximum Gasteiger partial charge on any atom is 0.386 e. The van der Waals surface area contributed by atoms with Crippen LogP contribution in [0.25, 0.3) is 22.3 Å². The van der Waals surface area contributed by atoms with Gasteiger partial charge in [-0.05, 0) is 11.8 Å².